The summed E-state index contributed by atoms with van der Waals surface area (Å²) in [7, 11) is 4.71. The van der Waals surface area contributed by atoms with Gasteiger partial charge in [-0.25, -0.2) is 0 Å². The molecule has 21 heavy (non-hydrogen) atoms. The van der Waals surface area contributed by atoms with Gasteiger partial charge < -0.3 is 15.0 Å². The zero-order chi connectivity index (χ0) is 16.3. The molecule has 0 aliphatic carbocycles. The third kappa shape index (κ3) is 4.10. The Morgan fingerprint density at radius 1 is 1.33 bits per heavy atom. The van der Waals surface area contributed by atoms with Crippen LogP contribution in [0, 0.1) is 0 Å². The van der Waals surface area contributed by atoms with Gasteiger partial charge in [0.1, 0.15) is 0 Å². The maximum atomic E-state index is 13.1. The SMILES string of the molecule is COCC(C)(NC(=O)c1cccc(N(C)C)c1)C(F)(F)F. The number of nitrogens with zero attached hydrogens (tertiary/aromatic N) is 1. The van der Waals surface area contributed by atoms with Gasteiger partial charge in [-0.15, -0.1) is 0 Å². The van der Waals surface area contributed by atoms with E-state index in [0.717, 1.165) is 19.7 Å². The predicted molar refractivity (Wildman–Crippen MR) is 74.6 cm³/mol. The summed E-state index contributed by atoms with van der Waals surface area (Å²) in [6.07, 6.45) is -4.61. The molecule has 1 aromatic carbocycles. The number of halogens is 3. The summed E-state index contributed by atoms with van der Waals surface area (Å²) < 4.78 is 43.8. The normalized spacial score (nSPS) is 14.4. The number of hydrogen-bond acceptors (Lipinski definition) is 3. The van der Waals surface area contributed by atoms with Crippen LogP contribution in [0.15, 0.2) is 24.3 Å². The van der Waals surface area contributed by atoms with Gasteiger partial charge in [-0.3, -0.25) is 4.79 Å². The van der Waals surface area contributed by atoms with Crippen LogP contribution >= 0.6 is 0 Å². The summed E-state index contributed by atoms with van der Waals surface area (Å²) in [5.41, 5.74) is -1.55. The molecule has 0 bridgehead atoms. The first kappa shape index (κ1) is 17.3. The van der Waals surface area contributed by atoms with Gasteiger partial charge in [0.05, 0.1) is 6.61 Å². The average Bonchev–Trinajstić information content (AvgIpc) is 2.37. The number of amides is 1. The zero-order valence-corrected chi connectivity index (χ0v) is 12.4. The van der Waals surface area contributed by atoms with Crippen molar-refractivity contribution in [2.75, 3.05) is 32.7 Å². The minimum absolute atomic E-state index is 0.160. The average molecular weight is 304 g/mol. The Kier molecular flexibility index (Phi) is 5.22. The second-order valence-electron chi connectivity index (χ2n) is 5.16. The van der Waals surface area contributed by atoms with Crippen LogP contribution in [0.2, 0.25) is 0 Å². The highest BCUT2D eigenvalue weighted by atomic mass is 19.4. The Labute approximate surface area is 121 Å². The van der Waals surface area contributed by atoms with Crippen molar-refractivity contribution < 1.29 is 22.7 Å². The van der Waals surface area contributed by atoms with Crippen LogP contribution in [0.1, 0.15) is 17.3 Å². The van der Waals surface area contributed by atoms with Crippen LogP contribution in [0.5, 0.6) is 0 Å². The summed E-state index contributed by atoms with van der Waals surface area (Å²) in [5, 5.41) is 2.01. The van der Waals surface area contributed by atoms with E-state index in [1.807, 2.05) is 5.32 Å². The molecular formula is C14H19F3N2O2. The van der Waals surface area contributed by atoms with E-state index in [9.17, 15) is 18.0 Å². The second kappa shape index (κ2) is 6.34. The number of carbonyl (C=O) groups is 1. The van der Waals surface area contributed by atoms with Gasteiger partial charge in [0, 0.05) is 32.5 Å². The predicted octanol–water partition coefficient (Wildman–Crippen LogP) is 2.45. The summed E-state index contributed by atoms with van der Waals surface area (Å²) in [6.45, 7) is 0.236. The molecule has 1 rings (SSSR count). The van der Waals surface area contributed by atoms with Crippen LogP contribution in [-0.4, -0.2) is 45.4 Å². The molecule has 1 N–H and O–H groups in total. The van der Waals surface area contributed by atoms with E-state index in [2.05, 4.69) is 4.74 Å². The number of methoxy groups -OCH3 is 1. The summed E-state index contributed by atoms with van der Waals surface area (Å²) in [5.74, 6) is -0.796. The minimum atomic E-state index is -4.61. The highest BCUT2D eigenvalue weighted by molar-refractivity contribution is 5.95. The molecule has 118 valence electrons. The van der Waals surface area contributed by atoms with Crippen molar-refractivity contribution in [3.63, 3.8) is 0 Å². The first-order valence-corrected chi connectivity index (χ1v) is 6.26. The van der Waals surface area contributed by atoms with E-state index in [4.69, 9.17) is 0 Å². The Balaban J connectivity index is 3.00. The fraction of sp³-hybridized carbons (Fsp3) is 0.500. The molecule has 1 atom stereocenters. The van der Waals surface area contributed by atoms with Crippen LogP contribution in [-0.2, 0) is 4.74 Å². The van der Waals surface area contributed by atoms with Gasteiger partial charge in [-0.05, 0) is 25.1 Å². The summed E-state index contributed by atoms with van der Waals surface area (Å²) >= 11 is 0. The number of carbonyl (C=O) groups excluding carboxylic acids is 1. The minimum Gasteiger partial charge on any atom is -0.382 e. The number of alkyl halides is 3. The Hall–Kier alpha value is -1.76. The molecule has 4 nitrogen and oxygen atoms in total. The van der Waals surface area contributed by atoms with Crippen molar-refractivity contribution >= 4 is 11.6 Å². The van der Waals surface area contributed by atoms with E-state index >= 15 is 0 Å². The van der Waals surface area contributed by atoms with Gasteiger partial charge in [0.15, 0.2) is 5.54 Å². The van der Waals surface area contributed by atoms with Crippen LogP contribution in [0.25, 0.3) is 0 Å². The molecule has 7 heteroatoms. The lowest BCUT2D eigenvalue weighted by atomic mass is 10.0. The molecule has 1 unspecified atom stereocenters. The molecule has 1 aromatic rings. The molecule has 0 heterocycles. The third-order valence-corrected chi connectivity index (χ3v) is 3.07. The van der Waals surface area contributed by atoms with Gasteiger partial charge in [-0.2, -0.15) is 13.2 Å². The van der Waals surface area contributed by atoms with E-state index in [0.29, 0.717) is 0 Å². The first-order valence-electron chi connectivity index (χ1n) is 6.26. The second-order valence-corrected chi connectivity index (χ2v) is 5.16. The highest BCUT2D eigenvalue weighted by Crippen LogP contribution is 2.30. The van der Waals surface area contributed by atoms with E-state index in [1.54, 1.807) is 31.1 Å². The first-order chi connectivity index (χ1) is 9.60. The Morgan fingerprint density at radius 2 is 1.95 bits per heavy atom. The lowest BCUT2D eigenvalue weighted by Crippen LogP contribution is -2.59. The zero-order valence-electron chi connectivity index (χ0n) is 12.4. The molecular weight excluding hydrogens is 285 g/mol. The van der Waals surface area contributed by atoms with Crippen molar-refractivity contribution in [1.29, 1.82) is 0 Å². The number of hydrogen-bond donors (Lipinski definition) is 1. The van der Waals surface area contributed by atoms with Gasteiger partial charge in [0.25, 0.3) is 5.91 Å². The fourth-order valence-corrected chi connectivity index (χ4v) is 1.73. The molecule has 0 spiro atoms. The Bertz CT molecular complexity index is 503. The van der Waals surface area contributed by atoms with Crippen molar-refractivity contribution in [3.8, 4) is 0 Å². The molecule has 0 saturated carbocycles. The maximum Gasteiger partial charge on any atom is 0.413 e. The molecule has 0 fully saturated rings. The fourth-order valence-electron chi connectivity index (χ4n) is 1.73. The van der Waals surface area contributed by atoms with Crippen LogP contribution in [0.3, 0.4) is 0 Å². The number of nitrogens with one attached hydrogen (secondary N) is 1. The standard InChI is InChI=1S/C14H19F3N2O2/c1-13(9-21-4,14(15,16)17)18-12(20)10-6-5-7-11(8-10)19(2)3/h5-8H,9H2,1-4H3,(H,18,20). The van der Waals surface area contributed by atoms with Crippen molar-refractivity contribution in [2.45, 2.75) is 18.6 Å². The molecule has 0 radical (unpaired) electrons. The van der Waals surface area contributed by atoms with E-state index < -0.39 is 24.2 Å². The number of ether oxygens (including phenoxy) is 1. The lowest BCUT2D eigenvalue weighted by molar-refractivity contribution is -0.200. The summed E-state index contributed by atoms with van der Waals surface area (Å²) in [6, 6.07) is 6.37. The highest BCUT2D eigenvalue weighted by Gasteiger charge is 2.52. The topological polar surface area (TPSA) is 41.6 Å². The van der Waals surface area contributed by atoms with Gasteiger partial charge >= 0.3 is 6.18 Å². The third-order valence-electron chi connectivity index (χ3n) is 3.07. The largest absolute Gasteiger partial charge is 0.413 e. The van der Waals surface area contributed by atoms with Gasteiger partial charge in [-0.1, -0.05) is 6.07 Å². The van der Waals surface area contributed by atoms with Crippen molar-refractivity contribution in [1.82, 2.24) is 5.32 Å². The number of benzene rings is 1. The van der Waals surface area contributed by atoms with Crippen LogP contribution < -0.4 is 10.2 Å². The molecule has 0 aliphatic rings. The molecule has 0 aliphatic heterocycles. The molecule has 0 aromatic heterocycles. The number of anilines is 1. The van der Waals surface area contributed by atoms with E-state index in [1.165, 1.54) is 12.1 Å². The van der Waals surface area contributed by atoms with Crippen molar-refractivity contribution in [2.24, 2.45) is 0 Å². The monoisotopic (exact) mass is 304 g/mol. The van der Waals surface area contributed by atoms with Crippen LogP contribution in [0.4, 0.5) is 18.9 Å². The Morgan fingerprint density at radius 3 is 2.43 bits per heavy atom. The maximum absolute atomic E-state index is 13.1. The molecule has 1 amide bonds. The smallest absolute Gasteiger partial charge is 0.382 e. The molecule has 0 saturated heterocycles. The summed E-state index contributed by atoms with van der Waals surface area (Å²) in [4.78, 5) is 13.8. The number of rotatable bonds is 5. The lowest BCUT2D eigenvalue weighted by Gasteiger charge is -2.32. The van der Waals surface area contributed by atoms with E-state index in [-0.39, 0.29) is 5.56 Å². The van der Waals surface area contributed by atoms with Crippen molar-refractivity contribution in [3.05, 3.63) is 29.8 Å². The quantitative estimate of drug-likeness (QED) is 0.908. The van der Waals surface area contributed by atoms with Gasteiger partial charge in [0.2, 0.25) is 0 Å².